The van der Waals surface area contributed by atoms with Crippen molar-refractivity contribution in [2.75, 3.05) is 5.75 Å². The first-order chi connectivity index (χ1) is 9.38. The second-order valence-corrected chi connectivity index (χ2v) is 7.61. The molecule has 1 aromatic rings. The predicted octanol–water partition coefficient (Wildman–Crippen LogP) is 3.10. The molecule has 4 heteroatoms. The summed E-state index contributed by atoms with van der Waals surface area (Å²) < 4.78 is 0. The van der Waals surface area contributed by atoms with Crippen molar-refractivity contribution in [2.24, 2.45) is 11.1 Å². The summed E-state index contributed by atoms with van der Waals surface area (Å²) in [6.07, 6.45) is 1.37. The minimum absolute atomic E-state index is 0.0440. The van der Waals surface area contributed by atoms with Gasteiger partial charge in [-0.2, -0.15) is 0 Å². The molecule has 0 aromatic heterocycles. The van der Waals surface area contributed by atoms with Crippen molar-refractivity contribution < 1.29 is 4.79 Å². The largest absolute Gasteiger partial charge is 0.349 e. The molecule has 1 aromatic carbocycles. The molecule has 2 atom stereocenters. The minimum atomic E-state index is -0.115. The summed E-state index contributed by atoms with van der Waals surface area (Å²) in [6, 6.07) is 8.33. The molecule has 0 saturated carbocycles. The van der Waals surface area contributed by atoms with Crippen LogP contribution < -0.4 is 11.1 Å². The SMILES string of the molecule is CC(C)(C)C(N)CC(=O)NC1CCSc2ccccc21. The highest BCUT2D eigenvalue weighted by Crippen LogP contribution is 2.35. The third-order valence-electron chi connectivity index (χ3n) is 3.81. The van der Waals surface area contributed by atoms with Crippen molar-refractivity contribution >= 4 is 17.7 Å². The predicted molar refractivity (Wildman–Crippen MR) is 84.7 cm³/mol. The summed E-state index contributed by atoms with van der Waals surface area (Å²) in [5.74, 6) is 1.10. The Labute approximate surface area is 125 Å². The zero-order chi connectivity index (χ0) is 14.8. The first kappa shape index (κ1) is 15.4. The Kier molecular flexibility index (Phi) is 4.76. The highest BCUT2D eigenvalue weighted by Gasteiger charge is 2.26. The van der Waals surface area contributed by atoms with Gasteiger partial charge in [0, 0.05) is 23.1 Å². The van der Waals surface area contributed by atoms with Crippen LogP contribution in [0.5, 0.6) is 0 Å². The monoisotopic (exact) mass is 292 g/mol. The summed E-state index contributed by atoms with van der Waals surface area (Å²) in [5.41, 5.74) is 7.28. The van der Waals surface area contributed by atoms with Crippen LogP contribution in [0.25, 0.3) is 0 Å². The number of nitrogens with one attached hydrogen (secondary N) is 1. The molecule has 20 heavy (non-hydrogen) atoms. The maximum absolute atomic E-state index is 12.2. The van der Waals surface area contributed by atoms with E-state index >= 15 is 0 Å². The molecular formula is C16H24N2OS. The maximum atomic E-state index is 12.2. The molecular weight excluding hydrogens is 268 g/mol. The molecule has 0 radical (unpaired) electrons. The van der Waals surface area contributed by atoms with Gasteiger partial charge in [-0.05, 0) is 23.5 Å². The lowest BCUT2D eigenvalue weighted by Crippen LogP contribution is -2.41. The minimum Gasteiger partial charge on any atom is -0.349 e. The van der Waals surface area contributed by atoms with Gasteiger partial charge in [-0.1, -0.05) is 39.0 Å². The third-order valence-corrected chi connectivity index (χ3v) is 4.93. The van der Waals surface area contributed by atoms with Gasteiger partial charge in [-0.25, -0.2) is 0 Å². The van der Waals surface area contributed by atoms with Gasteiger partial charge in [0.05, 0.1) is 6.04 Å². The number of carbonyl (C=O) groups excluding carboxylic acids is 1. The zero-order valence-corrected chi connectivity index (χ0v) is 13.3. The molecule has 1 heterocycles. The van der Waals surface area contributed by atoms with Crippen molar-refractivity contribution in [3.05, 3.63) is 29.8 Å². The van der Waals surface area contributed by atoms with Gasteiger partial charge in [-0.3, -0.25) is 4.79 Å². The Morgan fingerprint density at radius 2 is 2.15 bits per heavy atom. The van der Waals surface area contributed by atoms with Crippen LogP contribution in [-0.4, -0.2) is 17.7 Å². The molecule has 0 spiro atoms. The van der Waals surface area contributed by atoms with Gasteiger partial charge in [-0.15, -0.1) is 11.8 Å². The van der Waals surface area contributed by atoms with Crippen molar-refractivity contribution in [3.8, 4) is 0 Å². The normalized spacial score (nSPS) is 20.1. The molecule has 1 aliphatic heterocycles. The first-order valence-electron chi connectivity index (χ1n) is 7.14. The van der Waals surface area contributed by atoms with Crippen molar-refractivity contribution in [2.45, 2.75) is 50.6 Å². The number of nitrogens with two attached hydrogens (primary N) is 1. The Morgan fingerprint density at radius 3 is 2.85 bits per heavy atom. The topological polar surface area (TPSA) is 55.1 Å². The Morgan fingerprint density at radius 1 is 1.45 bits per heavy atom. The van der Waals surface area contributed by atoms with E-state index in [1.54, 1.807) is 0 Å². The van der Waals surface area contributed by atoms with Crippen LogP contribution in [0.1, 0.15) is 45.2 Å². The van der Waals surface area contributed by atoms with E-state index in [0.717, 1.165) is 12.2 Å². The summed E-state index contributed by atoms with van der Waals surface area (Å²) in [5, 5.41) is 3.15. The number of amides is 1. The summed E-state index contributed by atoms with van der Waals surface area (Å²) in [7, 11) is 0. The van der Waals surface area contributed by atoms with Gasteiger partial charge in [0.2, 0.25) is 5.91 Å². The fourth-order valence-corrected chi connectivity index (χ4v) is 3.38. The number of hydrogen-bond donors (Lipinski definition) is 2. The van der Waals surface area contributed by atoms with Crippen LogP contribution in [0, 0.1) is 5.41 Å². The third kappa shape index (κ3) is 3.76. The van der Waals surface area contributed by atoms with E-state index in [0.29, 0.717) is 6.42 Å². The first-order valence-corrected chi connectivity index (χ1v) is 8.13. The quantitative estimate of drug-likeness (QED) is 0.900. The van der Waals surface area contributed by atoms with Crippen LogP contribution >= 0.6 is 11.8 Å². The van der Waals surface area contributed by atoms with Crippen LogP contribution in [0.2, 0.25) is 0 Å². The highest BCUT2D eigenvalue weighted by atomic mass is 32.2. The second kappa shape index (κ2) is 6.19. The van der Waals surface area contributed by atoms with Gasteiger partial charge in [0.1, 0.15) is 0 Å². The lowest BCUT2D eigenvalue weighted by molar-refractivity contribution is -0.122. The van der Waals surface area contributed by atoms with Crippen LogP contribution in [-0.2, 0) is 4.79 Å². The Bertz CT molecular complexity index is 482. The van der Waals surface area contributed by atoms with Gasteiger partial charge < -0.3 is 11.1 Å². The smallest absolute Gasteiger partial charge is 0.222 e. The average Bonchev–Trinajstić information content (AvgIpc) is 2.38. The Balaban J connectivity index is 1.99. The molecule has 2 unspecified atom stereocenters. The van der Waals surface area contributed by atoms with Gasteiger partial charge >= 0.3 is 0 Å². The Hall–Kier alpha value is -1.00. The number of hydrogen-bond acceptors (Lipinski definition) is 3. The van der Waals surface area contributed by atoms with E-state index in [1.807, 2.05) is 23.9 Å². The van der Waals surface area contributed by atoms with Crippen LogP contribution in [0.4, 0.5) is 0 Å². The van der Waals surface area contributed by atoms with Crippen LogP contribution in [0.3, 0.4) is 0 Å². The summed E-state index contributed by atoms with van der Waals surface area (Å²) in [4.78, 5) is 13.5. The number of rotatable bonds is 3. The van der Waals surface area contributed by atoms with Crippen LogP contribution in [0.15, 0.2) is 29.2 Å². The molecule has 1 amide bonds. The van der Waals surface area contributed by atoms with E-state index < -0.39 is 0 Å². The molecule has 1 aliphatic rings. The fraction of sp³-hybridized carbons (Fsp3) is 0.562. The molecule has 3 N–H and O–H groups in total. The lowest BCUT2D eigenvalue weighted by Gasteiger charge is -2.29. The lowest BCUT2D eigenvalue weighted by atomic mass is 9.85. The molecule has 2 rings (SSSR count). The van der Waals surface area contributed by atoms with E-state index in [9.17, 15) is 4.79 Å². The number of fused-ring (bicyclic) bond motifs is 1. The zero-order valence-electron chi connectivity index (χ0n) is 12.5. The highest BCUT2D eigenvalue weighted by molar-refractivity contribution is 7.99. The number of carbonyl (C=O) groups is 1. The fourth-order valence-electron chi connectivity index (χ4n) is 2.25. The van der Waals surface area contributed by atoms with Crippen molar-refractivity contribution in [1.29, 1.82) is 0 Å². The second-order valence-electron chi connectivity index (χ2n) is 6.47. The van der Waals surface area contributed by atoms with E-state index in [4.69, 9.17) is 5.73 Å². The molecule has 0 fully saturated rings. The van der Waals surface area contributed by atoms with E-state index in [1.165, 1.54) is 10.5 Å². The molecule has 110 valence electrons. The summed E-state index contributed by atoms with van der Waals surface area (Å²) >= 11 is 1.86. The molecule has 0 bridgehead atoms. The maximum Gasteiger partial charge on any atom is 0.222 e. The molecule has 0 aliphatic carbocycles. The van der Waals surface area contributed by atoms with Gasteiger partial charge in [0.15, 0.2) is 0 Å². The van der Waals surface area contributed by atoms with Crippen molar-refractivity contribution in [3.63, 3.8) is 0 Å². The average molecular weight is 292 g/mol. The number of thioether (sulfide) groups is 1. The molecule has 0 saturated heterocycles. The van der Waals surface area contributed by atoms with Gasteiger partial charge in [0.25, 0.3) is 0 Å². The standard InChI is InChI=1S/C16H24N2OS/c1-16(2,3)14(17)10-15(19)18-12-8-9-20-13-7-5-4-6-11(12)13/h4-7,12,14H,8-10,17H2,1-3H3,(H,18,19). The van der Waals surface area contributed by atoms with E-state index in [-0.39, 0.29) is 23.4 Å². The summed E-state index contributed by atoms with van der Waals surface area (Å²) in [6.45, 7) is 6.20. The number of benzene rings is 1. The molecule has 3 nitrogen and oxygen atoms in total. The van der Waals surface area contributed by atoms with E-state index in [2.05, 4.69) is 38.2 Å². The van der Waals surface area contributed by atoms with Crippen molar-refractivity contribution in [1.82, 2.24) is 5.32 Å².